The first-order valence-corrected chi connectivity index (χ1v) is 8.49. The molecule has 4 nitrogen and oxygen atoms in total. The molecule has 3 rings (SSSR count). The second-order valence-electron chi connectivity index (χ2n) is 6.51. The van der Waals surface area contributed by atoms with E-state index >= 15 is 0 Å². The molecule has 0 unspecified atom stereocenters. The molecule has 1 heterocycles. The lowest BCUT2D eigenvalue weighted by molar-refractivity contribution is 0.0951. The monoisotopic (exact) mass is 323 g/mol. The van der Waals surface area contributed by atoms with Crippen molar-refractivity contribution in [3.63, 3.8) is 0 Å². The van der Waals surface area contributed by atoms with Crippen LogP contribution in [0.2, 0.25) is 0 Å². The molecule has 0 aromatic heterocycles. The van der Waals surface area contributed by atoms with E-state index in [-0.39, 0.29) is 5.91 Å². The van der Waals surface area contributed by atoms with Crippen molar-refractivity contribution in [1.82, 2.24) is 10.2 Å². The highest BCUT2D eigenvalue weighted by atomic mass is 16.1. The summed E-state index contributed by atoms with van der Waals surface area (Å²) >= 11 is 0. The molecule has 0 radical (unpaired) electrons. The van der Waals surface area contributed by atoms with Crippen LogP contribution in [0.5, 0.6) is 0 Å². The minimum atomic E-state index is -0.0295. The van der Waals surface area contributed by atoms with Crippen molar-refractivity contribution in [3.05, 3.63) is 65.2 Å². The molecule has 1 fully saturated rings. The predicted molar refractivity (Wildman–Crippen MR) is 98.5 cm³/mol. The SMILES string of the molecule is Cc1ccc(C(=O)NCc2ccc(N3CCN(C)CC3)cc2)cc1. The Morgan fingerprint density at radius 3 is 2.21 bits per heavy atom. The largest absolute Gasteiger partial charge is 0.369 e. The summed E-state index contributed by atoms with van der Waals surface area (Å²) in [5, 5.41) is 2.98. The van der Waals surface area contributed by atoms with Gasteiger partial charge in [-0.25, -0.2) is 0 Å². The summed E-state index contributed by atoms with van der Waals surface area (Å²) in [6.45, 7) is 6.92. The zero-order chi connectivity index (χ0) is 16.9. The molecule has 1 amide bonds. The van der Waals surface area contributed by atoms with Crippen molar-refractivity contribution in [2.75, 3.05) is 38.1 Å². The van der Waals surface area contributed by atoms with Gasteiger partial charge >= 0.3 is 0 Å². The summed E-state index contributed by atoms with van der Waals surface area (Å²) in [6, 6.07) is 16.1. The Hall–Kier alpha value is -2.33. The van der Waals surface area contributed by atoms with Crippen LogP contribution in [-0.4, -0.2) is 44.0 Å². The summed E-state index contributed by atoms with van der Waals surface area (Å²) in [6.07, 6.45) is 0. The van der Waals surface area contributed by atoms with E-state index in [0.29, 0.717) is 12.1 Å². The fourth-order valence-electron chi connectivity index (χ4n) is 2.88. The third-order valence-electron chi connectivity index (χ3n) is 4.57. The number of piperazine rings is 1. The normalized spacial score (nSPS) is 15.3. The van der Waals surface area contributed by atoms with Gasteiger partial charge in [0.05, 0.1) is 0 Å². The molecule has 24 heavy (non-hydrogen) atoms. The van der Waals surface area contributed by atoms with Crippen LogP contribution < -0.4 is 10.2 Å². The molecule has 4 heteroatoms. The van der Waals surface area contributed by atoms with Crippen molar-refractivity contribution in [3.8, 4) is 0 Å². The van der Waals surface area contributed by atoms with Crippen LogP contribution in [0.4, 0.5) is 5.69 Å². The number of carbonyl (C=O) groups is 1. The fraction of sp³-hybridized carbons (Fsp3) is 0.350. The second-order valence-corrected chi connectivity index (χ2v) is 6.51. The molecule has 126 valence electrons. The topological polar surface area (TPSA) is 35.6 Å². The van der Waals surface area contributed by atoms with Gasteiger partial charge in [-0.15, -0.1) is 0 Å². The second kappa shape index (κ2) is 7.49. The number of likely N-dealkylation sites (N-methyl/N-ethyl adjacent to an activating group) is 1. The van der Waals surface area contributed by atoms with Gasteiger partial charge in [0.25, 0.3) is 5.91 Å². The van der Waals surface area contributed by atoms with Crippen LogP contribution in [0.1, 0.15) is 21.5 Å². The molecule has 0 aliphatic carbocycles. The molecule has 1 aliphatic rings. The van der Waals surface area contributed by atoms with Gasteiger partial charge in [-0.3, -0.25) is 4.79 Å². The zero-order valence-corrected chi connectivity index (χ0v) is 14.5. The van der Waals surface area contributed by atoms with Crippen LogP contribution in [0.15, 0.2) is 48.5 Å². The molecular weight excluding hydrogens is 298 g/mol. The number of aryl methyl sites for hydroxylation is 1. The number of nitrogens with one attached hydrogen (secondary N) is 1. The molecule has 0 saturated carbocycles. The van der Waals surface area contributed by atoms with Crippen molar-refractivity contribution in [1.29, 1.82) is 0 Å². The van der Waals surface area contributed by atoms with Gasteiger partial charge in [0.2, 0.25) is 0 Å². The van der Waals surface area contributed by atoms with Gasteiger partial charge in [0.1, 0.15) is 0 Å². The highest BCUT2D eigenvalue weighted by Gasteiger charge is 2.14. The third-order valence-corrected chi connectivity index (χ3v) is 4.57. The lowest BCUT2D eigenvalue weighted by Gasteiger charge is -2.34. The highest BCUT2D eigenvalue weighted by Crippen LogP contribution is 2.17. The van der Waals surface area contributed by atoms with Gasteiger partial charge < -0.3 is 15.1 Å². The van der Waals surface area contributed by atoms with Crippen molar-refractivity contribution >= 4 is 11.6 Å². The van der Waals surface area contributed by atoms with Crippen molar-refractivity contribution < 1.29 is 4.79 Å². The Balaban J connectivity index is 1.54. The maximum atomic E-state index is 12.2. The molecule has 2 aromatic carbocycles. The molecule has 2 aromatic rings. The third kappa shape index (κ3) is 4.15. The summed E-state index contributed by atoms with van der Waals surface area (Å²) < 4.78 is 0. The van der Waals surface area contributed by atoms with Crippen LogP contribution in [0.25, 0.3) is 0 Å². The fourth-order valence-corrected chi connectivity index (χ4v) is 2.88. The molecule has 0 spiro atoms. The Labute approximate surface area is 144 Å². The Morgan fingerprint density at radius 1 is 0.958 bits per heavy atom. The Morgan fingerprint density at radius 2 is 1.58 bits per heavy atom. The van der Waals surface area contributed by atoms with Crippen LogP contribution in [0, 0.1) is 6.92 Å². The summed E-state index contributed by atoms with van der Waals surface area (Å²) in [5.41, 5.74) is 4.24. The maximum Gasteiger partial charge on any atom is 0.251 e. The number of amides is 1. The predicted octanol–water partition coefficient (Wildman–Crippen LogP) is 2.68. The average molecular weight is 323 g/mol. The minimum absolute atomic E-state index is 0.0295. The summed E-state index contributed by atoms with van der Waals surface area (Å²) in [4.78, 5) is 16.9. The van der Waals surface area contributed by atoms with Crippen LogP contribution >= 0.6 is 0 Å². The Kier molecular flexibility index (Phi) is 5.16. The first kappa shape index (κ1) is 16.5. The van der Waals surface area contributed by atoms with Gasteiger partial charge in [0, 0.05) is 44.0 Å². The van der Waals surface area contributed by atoms with E-state index in [4.69, 9.17) is 0 Å². The molecular formula is C20H25N3O. The lowest BCUT2D eigenvalue weighted by atomic mass is 10.1. The number of benzene rings is 2. The minimum Gasteiger partial charge on any atom is -0.369 e. The average Bonchev–Trinajstić information content (AvgIpc) is 2.61. The first-order valence-electron chi connectivity index (χ1n) is 8.49. The maximum absolute atomic E-state index is 12.2. The Bertz CT molecular complexity index is 671. The van der Waals surface area contributed by atoms with Gasteiger partial charge in [-0.2, -0.15) is 0 Å². The van der Waals surface area contributed by atoms with Gasteiger partial charge in [-0.05, 0) is 43.8 Å². The lowest BCUT2D eigenvalue weighted by Crippen LogP contribution is -2.44. The van der Waals surface area contributed by atoms with Crippen LogP contribution in [0.3, 0.4) is 0 Å². The first-order chi connectivity index (χ1) is 11.6. The van der Waals surface area contributed by atoms with E-state index in [0.717, 1.165) is 37.3 Å². The van der Waals surface area contributed by atoms with E-state index in [2.05, 4.69) is 46.4 Å². The van der Waals surface area contributed by atoms with E-state index in [1.807, 2.05) is 31.2 Å². The van der Waals surface area contributed by atoms with Crippen molar-refractivity contribution in [2.45, 2.75) is 13.5 Å². The van der Waals surface area contributed by atoms with E-state index in [1.54, 1.807) is 0 Å². The number of rotatable bonds is 4. The highest BCUT2D eigenvalue weighted by molar-refractivity contribution is 5.94. The van der Waals surface area contributed by atoms with Gasteiger partial charge in [-0.1, -0.05) is 29.8 Å². The molecule has 0 atom stereocenters. The molecule has 1 N–H and O–H groups in total. The molecule has 1 aliphatic heterocycles. The van der Waals surface area contributed by atoms with E-state index in [9.17, 15) is 4.79 Å². The van der Waals surface area contributed by atoms with E-state index in [1.165, 1.54) is 5.69 Å². The number of nitrogens with zero attached hydrogens (tertiary/aromatic N) is 2. The zero-order valence-electron chi connectivity index (χ0n) is 14.5. The number of hydrogen-bond donors (Lipinski definition) is 1. The smallest absolute Gasteiger partial charge is 0.251 e. The standard InChI is InChI=1S/C20H25N3O/c1-16-3-7-18(8-4-16)20(24)21-15-17-5-9-19(10-6-17)23-13-11-22(2)12-14-23/h3-10H,11-15H2,1-2H3,(H,21,24). The summed E-state index contributed by atoms with van der Waals surface area (Å²) in [5.74, 6) is -0.0295. The molecule has 0 bridgehead atoms. The van der Waals surface area contributed by atoms with Crippen LogP contribution in [-0.2, 0) is 6.54 Å². The number of carbonyl (C=O) groups excluding carboxylic acids is 1. The molecule has 1 saturated heterocycles. The number of anilines is 1. The van der Waals surface area contributed by atoms with Gasteiger partial charge in [0.15, 0.2) is 0 Å². The van der Waals surface area contributed by atoms with E-state index < -0.39 is 0 Å². The number of hydrogen-bond acceptors (Lipinski definition) is 3. The summed E-state index contributed by atoms with van der Waals surface area (Å²) in [7, 11) is 2.16. The van der Waals surface area contributed by atoms with Crippen molar-refractivity contribution in [2.24, 2.45) is 0 Å². The quantitative estimate of drug-likeness (QED) is 0.940.